The van der Waals surface area contributed by atoms with Crippen molar-refractivity contribution < 1.29 is 14.0 Å². The summed E-state index contributed by atoms with van der Waals surface area (Å²) in [5.41, 5.74) is 2.62. The van der Waals surface area contributed by atoms with Gasteiger partial charge in [0.25, 0.3) is 5.91 Å². The molecule has 4 rings (SSSR count). The number of carbonyl (C=O) groups excluding carboxylic acids is 2. The summed E-state index contributed by atoms with van der Waals surface area (Å²) in [7, 11) is 0. The topological polar surface area (TPSA) is 78.1 Å². The number of aromatic amines is 1. The molecule has 0 spiro atoms. The molecule has 1 unspecified atom stereocenters. The van der Waals surface area contributed by atoms with Crippen molar-refractivity contribution in [1.29, 1.82) is 0 Å². The summed E-state index contributed by atoms with van der Waals surface area (Å²) in [4.78, 5) is 26.9. The number of nitrogens with one attached hydrogen (secondary N) is 2. The van der Waals surface area contributed by atoms with E-state index in [1.807, 2.05) is 0 Å². The summed E-state index contributed by atoms with van der Waals surface area (Å²) in [6, 6.07) is 5.55. The van der Waals surface area contributed by atoms with Crippen LogP contribution in [0.1, 0.15) is 47.4 Å². The number of aryl methyl sites for hydroxylation is 1. The minimum Gasteiger partial charge on any atom is -0.339 e. The molecule has 2 aromatic rings. The number of halogens is 1. The van der Waals surface area contributed by atoms with Crippen LogP contribution < -0.4 is 10.2 Å². The predicted octanol–water partition coefficient (Wildman–Crippen LogP) is 2.35. The van der Waals surface area contributed by atoms with Gasteiger partial charge in [-0.05, 0) is 50.7 Å². The molecule has 1 aromatic heterocycles. The highest BCUT2D eigenvalue weighted by Crippen LogP contribution is 2.25. The number of carbonyl (C=O) groups is 2. The van der Waals surface area contributed by atoms with Crippen LogP contribution in [-0.4, -0.2) is 34.6 Å². The maximum atomic E-state index is 14.1. The van der Waals surface area contributed by atoms with Gasteiger partial charge in [0.15, 0.2) is 5.69 Å². The predicted molar refractivity (Wildman–Crippen MR) is 94.5 cm³/mol. The van der Waals surface area contributed by atoms with E-state index in [2.05, 4.69) is 15.5 Å². The number of benzene rings is 1. The van der Waals surface area contributed by atoms with Crippen LogP contribution in [0.5, 0.6) is 0 Å². The Balaban J connectivity index is 1.51. The fraction of sp³-hybridized carbons (Fsp3) is 0.421. The Kier molecular flexibility index (Phi) is 4.44. The van der Waals surface area contributed by atoms with Gasteiger partial charge in [0.2, 0.25) is 5.91 Å². The molecule has 6 nitrogen and oxygen atoms in total. The first kappa shape index (κ1) is 16.8. The molecule has 0 radical (unpaired) electrons. The number of aromatic nitrogens is 2. The van der Waals surface area contributed by atoms with Gasteiger partial charge in [-0.15, -0.1) is 0 Å². The summed E-state index contributed by atoms with van der Waals surface area (Å²) in [5.74, 6) is -1.05. The first-order chi connectivity index (χ1) is 12.6. The fourth-order valence-corrected chi connectivity index (χ4v) is 3.81. The van der Waals surface area contributed by atoms with Crippen LogP contribution in [-0.2, 0) is 17.6 Å². The van der Waals surface area contributed by atoms with E-state index in [4.69, 9.17) is 0 Å². The number of amides is 2. The van der Waals surface area contributed by atoms with E-state index in [0.29, 0.717) is 25.1 Å². The zero-order chi connectivity index (χ0) is 18.1. The second-order valence-corrected chi connectivity index (χ2v) is 6.85. The Morgan fingerprint density at radius 1 is 1.23 bits per heavy atom. The highest BCUT2D eigenvalue weighted by molar-refractivity contribution is 6.02. The van der Waals surface area contributed by atoms with Crippen molar-refractivity contribution in [1.82, 2.24) is 15.5 Å². The van der Waals surface area contributed by atoms with E-state index in [1.165, 1.54) is 11.0 Å². The third-order valence-corrected chi connectivity index (χ3v) is 5.16. The molecule has 2 N–H and O–H groups in total. The van der Waals surface area contributed by atoms with Crippen molar-refractivity contribution in [3.63, 3.8) is 0 Å². The number of fused-ring (bicyclic) bond motifs is 1. The zero-order valence-electron chi connectivity index (χ0n) is 14.4. The number of nitrogens with zero attached hydrogens (tertiary/aromatic N) is 2. The van der Waals surface area contributed by atoms with Gasteiger partial charge < -0.3 is 10.2 Å². The second kappa shape index (κ2) is 6.90. The van der Waals surface area contributed by atoms with Gasteiger partial charge in [-0.25, -0.2) is 4.39 Å². The largest absolute Gasteiger partial charge is 0.339 e. The molecule has 1 saturated heterocycles. The van der Waals surface area contributed by atoms with Gasteiger partial charge in [-0.2, -0.15) is 5.10 Å². The molecule has 1 atom stereocenters. The Morgan fingerprint density at radius 2 is 2.04 bits per heavy atom. The van der Waals surface area contributed by atoms with Crippen molar-refractivity contribution in [3.05, 3.63) is 47.0 Å². The molecule has 26 heavy (non-hydrogen) atoms. The molecular formula is C19H21FN4O2. The van der Waals surface area contributed by atoms with Crippen LogP contribution in [0, 0.1) is 5.82 Å². The smallest absolute Gasteiger partial charge is 0.272 e. The molecule has 1 aliphatic heterocycles. The number of anilines is 1. The maximum absolute atomic E-state index is 14.1. The van der Waals surface area contributed by atoms with Crippen molar-refractivity contribution in [2.75, 3.05) is 11.4 Å². The first-order valence-electron chi connectivity index (χ1n) is 9.08. The van der Waals surface area contributed by atoms with Crippen LogP contribution in [0.2, 0.25) is 0 Å². The second-order valence-electron chi connectivity index (χ2n) is 6.85. The Morgan fingerprint density at radius 3 is 2.88 bits per heavy atom. The molecule has 2 heterocycles. The summed E-state index contributed by atoms with van der Waals surface area (Å²) in [5, 5.41) is 9.90. The molecule has 1 aliphatic carbocycles. The standard InChI is InChI=1S/C19H21FN4O2/c20-13-7-2-4-10-16(13)24-11-5-9-15(19(24)26)21-18(25)17-12-6-1-3-8-14(12)22-23-17/h2,4,7,10,15H,1,3,5-6,8-9,11H2,(H,21,25)(H,22,23). The lowest BCUT2D eigenvalue weighted by Gasteiger charge is -2.32. The van der Waals surface area contributed by atoms with E-state index < -0.39 is 11.9 Å². The number of rotatable bonds is 3. The molecule has 2 aliphatic rings. The lowest BCUT2D eigenvalue weighted by molar-refractivity contribution is -0.121. The number of H-pyrrole nitrogens is 1. The van der Waals surface area contributed by atoms with Crippen molar-refractivity contribution in [2.24, 2.45) is 0 Å². The summed E-state index contributed by atoms with van der Waals surface area (Å²) in [6.45, 7) is 0.448. The summed E-state index contributed by atoms with van der Waals surface area (Å²) < 4.78 is 14.1. The van der Waals surface area contributed by atoms with Crippen molar-refractivity contribution in [3.8, 4) is 0 Å². The quantitative estimate of drug-likeness (QED) is 0.886. The lowest BCUT2D eigenvalue weighted by atomic mass is 9.95. The number of hydrogen-bond donors (Lipinski definition) is 2. The normalized spacial score (nSPS) is 20.0. The zero-order valence-corrected chi connectivity index (χ0v) is 14.4. The maximum Gasteiger partial charge on any atom is 0.272 e. The molecule has 1 fully saturated rings. The fourth-order valence-electron chi connectivity index (χ4n) is 3.81. The Bertz CT molecular complexity index is 848. The van der Waals surface area contributed by atoms with Crippen LogP contribution in [0.15, 0.2) is 24.3 Å². The molecule has 0 saturated carbocycles. The van der Waals surface area contributed by atoms with E-state index in [1.54, 1.807) is 18.2 Å². The minimum atomic E-state index is -0.660. The monoisotopic (exact) mass is 356 g/mol. The SMILES string of the molecule is O=C(NC1CCCN(c2ccccc2F)C1=O)c1n[nH]c2c1CCCC2. The van der Waals surface area contributed by atoms with Crippen LogP contribution in [0.3, 0.4) is 0 Å². The van der Waals surface area contributed by atoms with Gasteiger partial charge in [0, 0.05) is 17.8 Å². The molecule has 2 amide bonds. The van der Waals surface area contributed by atoms with Gasteiger partial charge in [0.1, 0.15) is 11.9 Å². The highest BCUT2D eigenvalue weighted by atomic mass is 19.1. The van der Waals surface area contributed by atoms with E-state index in [9.17, 15) is 14.0 Å². The third kappa shape index (κ3) is 2.98. The number of piperidine rings is 1. The average Bonchev–Trinajstić information content (AvgIpc) is 3.08. The summed E-state index contributed by atoms with van der Waals surface area (Å²) in [6.07, 6.45) is 5.10. The molecule has 0 bridgehead atoms. The van der Waals surface area contributed by atoms with Gasteiger partial charge in [-0.3, -0.25) is 14.7 Å². The van der Waals surface area contributed by atoms with Gasteiger partial charge in [-0.1, -0.05) is 12.1 Å². The third-order valence-electron chi connectivity index (χ3n) is 5.16. The highest BCUT2D eigenvalue weighted by Gasteiger charge is 2.33. The molecule has 7 heteroatoms. The Labute approximate surface area is 150 Å². The Hall–Kier alpha value is -2.70. The van der Waals surface area contributed by atoms with E-state index >= 15 is 0 Å². The summed E-state index contributed by atoms with van der Waals surface area (Å²) >= 11 is 0. The van der Waals surface area contributed by atoms with Crippen LogP contribution in [0.4, 0.5) is 10.1 Å². The molecular weight excluding hydrogens is 335 g/mol. The van der Waals surface area contributed by atoms with Gasteiger partial charge >= 0.3 is 0 Å². The molecule has 1 aromatic carbocycles. The molecule has 136 valence electrons. The average molecular weight is 356 g/mol. The number of para-hydroxylation sites is 1. The lowest BCUT2D eigenvalue weighted by Crippen LogP contribution is -2.52. The number of hydrogen-bond acceptors (Lipinski definition) is 3. The van der Waals surface area contributed by atoms with Crippen LogP contribution in [0.25, 0.3) is 0 Å². The van der Waals surface area contributed by atoms with Crippen molar-refractivity contribution in [2.45, 2.75) is 44.6 Å². The van der Waals surface area contributed by atoms with E-state index in [-0.39, 0.29) is 17.5 Å². The van der Waals surface area contributed by atoms with Crippen LogP contribution >= 0.6 is 0 Å². The minimum absolute atomic E-state index is 0.258. The van der Waals surface area contributed by atoms with E-state index in [0.717, 1.165) is 36.9 Å². The van der Waals surface area contributed by atoms with Gasteiger partial charge in [0.05, 0.1) is 5.69 Å². The first-order valence-corrected chi connectivity index (χ1v) is 9.08. The van der Waals surface area contributed by atoms with Crippen molar-refractivity contribution >= 4 is 17.5 Å².